The Bertz CT molecular complexity index is 1430. The van der Waals surface area contributed by atoms with E-state index in [0.717, 1.165) is 28.1 Å². The number of H-pyrrole nitrogens is 1. The number of para-hydroxylation sites is 1. The van der Waals surface area contributed by atoms with Crippen molar-refractivity contribution in [1.29, 1.82) is 0 Å². The summed E-state index contributed by atoms with van der Waals surface area (Å²) < 4.78 is 19.8. The first-order valence-corrected chi connectivity index (χ1v) is 13.2. The monoisotopic (exact) mass is 519 g/mol. The lowest BCUT2D eigenvalue weighted by molar-refractivity contribution is 0.0888. The largest absolute Gasteiger partial charge is 0.438 e. The molecule has 0 radical (unpaired) electrons. The van der Waals surface area contributed by atoms with Crippen LogP contribution >= 0.6 is 11.8 Å². The van der Waals surface area contributed by atoms with E-state index in [-0.39, 0.29) is 29.4 Å². The third kappa shape index (κ3) is 5.75. The minimum absolute atomic E-state index is 0.0189. The molecule has 0 aliphatic heterocycles. The Labute approximate surface area is 217 Å². The van der Waals surface area contributed by atoms with E-state index in [1.165, 1.54) is 0 Å². The van der Waals surface area contributed by atoms with Crippen LogP contribution in [0.1, 0.15) is 46.5 Å². The number of nitrogens with zero attached hydrogens (tertiary/aromatic N) is 2. The molecule has 0 spiro atoms. The summed E-state index contributed by atoms with van der Waals surface area (Å²) in [5.74, 6) is -0.723. The molecule has 4 aromatic rings. The van der Waals surface area contributed by atoms with Gasteiger partial charge in [-0.05, 0) is 62.3 Å². The van der Waals surface area contributed by atoms with Gasteiger partial charge in [-0.2, -0.15) is 5.10 Å². The highest BCUT2D eigenvalue weighted by Gasteiger charge is 2.27. The maximum absolute atomic E-state index is 14.0. The number of nitrogens with one attached hydrogen (secondary N) is 3. The summed E-state index contributed by atoms with van der Waals surface area (Å²) in [5.41, 5.74) is 1.22. The van der Waals surface area contributed by atoms with Crippen molar-refractivity contribution in [3.05, 3.63) is 77.9 Å². The van der Waals surface area contributed by atoms with Crippen molar-refractivity contribution >= 4 is 34.5 Å². The summed E-state index contributed by atoms with van der Waals surface area (Å²) >= 11 is 1.56. The third-order valence-corrected chi connectivity index (χ3v) is 7.13. The number of hydrogen-bond donors (Lipinski definition) is 3. The molecule has 2 amide bonds. The van der Waals surface area contributed by atoms with E-state index >= 15 is 0 Å². The molecule has 2 aromatic heterocycles. The van der Waals surface area contributed by atoms with Gasteiger partial charge in [-0.25, -0.2) is 9.37 Å². The number of pyridine rings is 1. The number of thioether (sulfide) groups is 1. The zero-order valence-corrected chi connectivity index (χ0v) is 21.0. The molecule has 190 valence electrons. The van der Waals surface area contributed by atoms with Crippen molar-refractivity contribution in [2.45, 2.75) is 42.7 Å². The van der Waals surface area contributed by atoms with E-state index in [2.05, 4.69) is 25.8 Å². The van der Waals surface area contributed by atoms with Gasteiger partial charge in [0.1, 0.15) is 17.1 Å². The van der Waals surface area contributed by atoms with Crippen LogP contribution in [0.4, 0.5) is 4.39 Å². The molecule has 0 bridgehead atoms. The van der Waals surface area contributed by atoms with Crippen LogP contribution in [0.25, 0.3) is 10.9 Å². The molecule has 1 aliphatic rings. The number of aromatic nitrogens is 3. The second-order valence-corrected chi connectivity index (χ2v) is 9.78. The maximum Gasteiger partial charge on any atom is 0.272 e. The Hall–Kier alpha value is -3.92. The lowest BCUT2D eigenvalue weighted by atomic mass is 9.91. The van der Waals surface area contributed by atoms with Gasteiger partial charge in [-0.15, -0.1) is 11.8 Å². The Morgan fingerprint density at radius 3 is 2.49 bits per heavy atom. The van der Waals surface area contributed by atoms with E-state index in [0.29, 0.717) is 37.1 Å². The van der Waals surface area contributed by atoms with Crippen LogP contribution in [0.3, 0.4) is 0 Å². The first-order valence-electron chi connectivity index (χ1n) is 12.0. The van der Waals surface area contributed by atoms with Gasteiger partial charge < -0.3 is 15.4 Å². The number of rotatable bonds is 7. The molecule has 0 atom stereocenters. The zero-order valence-electron chi connectivity index (χ0n) is 20.2. The summed E-state index contributed by atoms with van der Waals surface area (Å²) in [5, 5.41) is 13.9. The molecule has 37 heavy (non-hydrogen) atoms. The number of carbonyl (C=O) groups excluding carboxylic acids is 2. The SMILES string of the molecule is CSc1cccc(Oc2ncc(F)cc2C(=O)NC2CCC(NC(=O)c3n[nH]c4ccccc34)CC2)c1. The van der Waals surface area contributed by atoms with Crippen LogP contribution < -0.4 is 15.4 Å². The molecule has 8 nitrogen and oxygen atoms in total. The van der Waals surface area contributed by atoms with Crippen molar-refractivity contribution in [2.24, 2.45) is 0 Å². The van der Waals surface area contributed by atoms with Crippen LogP contribution in [0.5, 0.6) is 11.6 Å². The summed E-state index contributed by atoms with van der Waals surface area (Å²) in [6, 6.07) is 15.9. The van der Waals surface area contributed by atoms with E-state index in [4.69, 9.17) is 4.74 Å². The highest BCUT2D eigenvalue weighted by molar-refractivity contribution is 7.98. The highest BCUT2D eigenvalue weighted by atomic mass is 32.2. The van der Waals surface area contributed by atoms with Gasteiger partial charge in [0.25, 0.3) is 11.8 Å². The summed E-state index contributed by atoms with van der Waals surface area (Å²) in [6.45, 7) is 0. The minimum atomic E-state index is -0.618. The molecule has 0 saturated heterocycles. The normalized spacial score (nSPS) is 17.4. The van der Waals surface area contributed by atoms with E-state index in [1.54, 1.807) is 17.8 Å². The standard InChI is InChI=1S/C27H26FN5O3S/c1-37-20-6-4-5-19(14-20)36-27-22(13-16(28)15-29-27)25(34)30-17-9-11-18(12-10-17)31-26(35)24-21-7-2-3-8-23(21)32-33-24/h2-8,13-15,17-18H,9-12H2,1H3,(H,30,34)(H,31,35)(H,32,33). The van der Waals surface area contributed by atoms with Gasteiger partial charge in [0.05, 0.1) is 11.7 Å². The Balaban J connectivity index is 1.19. The van der Waals surface area contributed by atoms with Crippen LogP contribution in [0.2, 0.25) is 0 Å². The molecule has 1 fully saturated rings. The quantitative estimate of drug-likeness (QED) is 0.294. The number of carbonyl (C=O) groups is 2. The number of aromatic amines is 1. The molecule has 0 unspecified atom stereocenters. The van der Waals surface area contributed by atoms with Gasteiger partial charge in [0, 0.05) is 22.4 Å². The van der Waals surface area contributed by atoms with Crippen molar-refractivity contribution < 1.29 is 18.7 Å². The lowest BCUT2D eigenvalue weighted by Gasteiger charge is -2.29. The number of hydrogen-bond acceptors (Lipinski definition) is 6. The molecule has 10 heteroatoms. The van der Waals surface area contributed by atoms with E-state index in [1.807, 2.05) is 48.7 Å². The third-order valence-electron chi connectivity index (χ3n) is 6.40. The molecule has 5 rings (SSSR count). The molecule has 2 heterocycles. The molecular weight excluding hydrogens is 493 g/mol. The average Bonchev–Trinajstić information content (AvgIpc) is 3.35. The van der Waals surface area contributed by atoms with Gasteiger partial charge >= 0.3 is 0 Å². The Morgan fingerprint density at radius 2 is 1.73 bits per heavy atom. The topological polar surface area (TPSA) is 109 Å². The van der Waals surface area contributed by atoms with Crippen molar-refractivity contribution in [3.63, 3.8) is 0 Å². The van der Waals surface area contributed by atoms with Crippen LogP contribution in [-0.4, -0.2) is 45.3 Å². The molecule has 2 aromatic carbocycles. The zero-order chi connectivity index (χ0) is 25.8. The van der Waals surface area contributed by atoms with Gasteiger partial charge in [0.15, 0.2) is 5.69 Å². The van der Waals surface area contributed by atoms with Crippen LogP contribution in [0, 0.1) is 5.82 Å². The predicted octanol–water partition coefficient (Wildman–Crippen LogP) is 5.08. The second kappa shape index (κ2) is 11.0. The summed E-state index contributed by atoms with van der Waals surface area (Å²) in [7, 11) is 0. The minimum Gasteiger partial charge on any atom is -0.438 e. The van der Waals surface area contributed by atoms with Crippen molar-refractivity contribution in [3.8, 4) is 11.6 Å². The first kappa shape index (κ1) is 24.8. The fraction of sp³-hybridized carbons (Fsp3) is 0.259. The fourth-order valence-electron chi connectivity index (χ4n) is 4.48. The average molecular weight is 520 g/mol. The van der Waals surface area contributed by atoms with E-state index < -0.39 is 11.7 Å². The second-order valence-electron chi connectivity index (χ2n) is 8.90. The number of benzene rings is 2. The smallest absolute Gasteiger partial charge is 0.272 e. The first-order chi connectivity index (χ1) is 18.0. The van der Waals surface area contributed by atoms with Crippen LogP contribution in [-0.2, 0) is 0 Å². The van der Waals surface area contributed by atoms with Crippen molar-refractivity contribution in [1.82, 2.24) is 25.8 Å². The number of ether oxygens (including phenoxy) is 1. The number of amides is 2. The predicted molar refractivity (Wildman–Crippen MR) is 140 cm³/mol. The van der Waals surface area contributed by atoms with Crippen molar-refractivity contribution in [2.75, 3.05) is 6.26 Å². The maximum atomic E-state index is 14.0. The molecule has 1 aliphatic carbocycles. The van der Waals surface area contributed by atoms with Gasteiger partial charge in [-0.3, -0.25) is 14.7 Å². The fourth-order valence-corrected chi connectivity index (χ4v) is 4.93. The van der Waals surface area contributed by atoms with E-state index in [9.17, 15) is 14.0 Å². The molecular formula is C27H26FN5O3S. The molecule has 3 N–H and O–H groups in total. The number of fused-ring (bicyclic) bond motifs is 1. The van der Waals surface area contributed by atoms with Gasteiger partial charge in [0.2, 0.25) is 5.88 Å². The highest BCUT2D eigenvalue weighted by Crippen LogP contribution is 2.28. The summed E-state index contributed by atoms with van der Waals surface area (Å²) in [4.78, 5) is 30.8. The molecule has 1 saturated carbocycles. The Morgan fingerprint density at radius 1 is 1.00 bits per heavy atom. The lowest BCUT2D eigenvalue weighted by Crippen LogP contribution is -2.44. The van der Waals surface area contributed by atoms with Crippen LogP contribution in [0.15, 0.2) is 65.7 Å². The Kier molecular flexibility index (Phi) is 7.36. The number of halogens is 1. The summed E-state index contributed by atoms with van der Waals surface area (Å²) in [6.07, 6.45) is 5.73. The van der Waals surface area contributed by atoms with Gasteiger partial charge in [-0.1, -0.05) is 24.3 Å².